The average Bonchev–Trinajstić information content (AvgIpc) is 2.21. The van der Waals surface area contributed by atoms with Gasteiger partial charge in [0, 0.05) is 19.8 Å². The van der Waals surface area contributed by atoms with E-state index in [0.29, 0.717) is 19.4 Å². The maximum Gasteiger partial charge on any atom is 0.302 e. The second kappa shape index (κ2) is 7.86. The molecule has 0 aliphatic rings. The largest absolute Gasteiger partial charge is 0.466 e. The van der Waals surface area contributed by atoms with Gasteiger partial charge in [-0.1, -0.05) is 13.8 Å². The van der Waals surface area contributed by atoms with E-state index in [1.165, 1.54) is 6.92 Å². The lowest BCUT2D eigenvalue weighted by Crippen LogP contribution is -2.11. The summed E-state index contributed by atoms with van der Waals surface area (Å²) in [5, 5.41) is 0. The molecule has 0 saturated heterocycles. The van der Waals surface area contributed by atoms with Gasteiger partial charge in [-0.2, -0.15) is 0 Å². The molecule has 0 fully saturated rings. The van der Waals surface area contributed by atoms with Gasteiger partial charge >= 0.3 is 5.97 Å². The maximum absolute atomic E-state index is 11.9. The minimum atomic E-state index is -2.45. The molecule has 0 heterocycles. The van der Waals surface area contributed by atoms with E-state index in [1.807, 2.05) is 13.8 Å². The fourth-order valence-corrected chi connectivity index (χ4v) is 2.75. The molecule has 0 aromatic carbocycles. The molecule has 96 valence electrons. The van der Waals surface area contributed by atoms with Crippen LogP contribution in [0, 0.1) is 5.92 Å². The molecule has 0 aromatic heterocycles. The zero-order valence-corrected chi connectivity index (χ0v) is 11.6. The van der Waals surface area contributed by atoms with Gasteiger partial charge in [0.1, 0.15) is 0 Å². The van der Waals surface area contributed by atoms with E-state index >= 15 is 0 Å². The summed E-state index contributed by atoms with van der Waals surface area (Å²) >= 11 is 0. The van der Waals surface area contributed by atoms with Crippen molar-refractivity contribution in [3.05, 3.63) is 0 Å². The van der Waals surface area contributed by atoms with E-state index in [9.17, 15) is 9.36 Å². The van der Waals surface area contributed by atoms with Gasteiger partial charge in [0.05, 0.1) is 13.2 Å². The molecule has 0 saturated carbocycles. The zero-order chi connectivity index (χ0) is 12.6. The van der Waals surface area contributed by atoms with Gasteiger partial charge in [-0.05, 0) is 18.8 Å². The molecule has 5 heteroatoms. The SMILES string of the molecule is CCCOP(C)(=O)CC[C@@H](C)COC(C)=O. The molecule has 0 aliphatic carbocycles. The molecule has 4 nitrogen and oxygen atoms in total. The fourth-order valence-electron chi connectivity index (χ4n) is 1.15. The van der Waals surface area contributed by atoms with E-state index in [0.717, 1.165) is 12.8 Å². The Kier molecular flexibility index (Phi) is 7.69. The number of hydrogen-bond acceptors (Lipinski definition) is 4. The molecule has 0 rings (SSSR count). The first kappa shape index (κ1) is 15.7. The Morgan fingerprint density at radius 2 is 2.06 bits per heavy atom. The van der Waals surface area contributed by atoms with Gasteiger partial charge in [-0.15, -0.1) is 0 Å². The number of esters is 1. The predicted molar refractivity (Wildman–Crippen MR) is 65.1 cm³/mol. The third kappa shape index (κ3) is 8.93. The molecule has 0 aromatic rings. The van der Waals surface area contributed by atoms with Gasteiger partial charge in [0.2, 0.25) is 0 Å². The third-order valence-corrected chi connectivity index (χ3v) is 3.97. The summed E-state index contributed by atoms with van der Waals surface area (Å²) in [4.78, 5) is 10.6. The van der Waals surface area contributed by atoms with Crippen LogP contribution in [-0.4, -0.2) is 32.0 Å². The van der Waals surface area contributed by atoms with Crippen molar-refractivity contribution in [1.29, 1.82) is 0 Å². The van der Waals surface area contributed by atoms with Crippen molar-refractivity contribution in [1.82, 2.24) is 0 Å². The summed E-state index contributed by atoms with van der Waals surface area (Å²) in [6.45, 7) is 7.96. The molecule has 0 bridgehead atoms. The summed E-state index contributed by atoms with van der Waals surface area (Å²) in [7, 11) is -2.45. The normalized spacial score (nSPS) is 16.5. The zero-order valence-electron chi connectivity index (χ0n) is 10.7. The van der Waals surface area contributed by atoms with Crippen LogP contribution in [0.2, 0.25) is 0 Å². The van der Waals surface area contributed by atoms with Crippen LogP contribution in [0.25, 0.3) is 0 Å². The third-order valence-electron chi connectivity index (χ3n) is 2.17. The molecule has 0 amide bonds. The quantitative estimate of drug-likeness (QED) is 0.491. The number of rotatable bonds is 8. The van der Waals surface area contributed by atoms with Crippen LogP contribution in [0.5, 0.6) is 0 Å². The highest BCUT2D eigenvalue weighted by Gasteiger charge is 2.17. The van der Waals surface area contributed by atoms with Crippen molar-refractivity contribution in [3.8, 4) is 0 Å². The monoisotopic (exact) mass is 250 g/mol. The predicted octanol–water partition coefficient (Wildman–Crippen LogP) is 2.91. The highest BCUT2D eigenvalue weighted by Crippen LogP contribution is 2.43. The number of carbonyl (C=O) groups excluding carboxylic acids is 1. The fraction of sp³-hybridized carbons (Fsp3) is 0.909. The Morgan fingerprint density at radius 3 is 2.56 bits per heavy atom. The van der Waals surface area contributed by atoms with Crippen molar-refractivity contribution in [2.24, 2.45) is 5.92 Å². The lowest BCUT2D eigenvalue weighted by molar-refractivity contribution is -0.142. The van der Waals surface area contributed by atoms with Gasteiger partial charge in [-0.25, -0.2) is 0 Å². The van der Waals surface area contributed by atoms with Crippen LogP contribution in [-0.2, 0) is 18.6 Å². The van der Waals surface area contributed by atoms with Crippen LogP contribution in [0.3, 0.4) is 0 Å². The van der Waals surface area contributed by atoms with Crippen LogP contribution >= 0.6 is 7.37 Å². The Morgan fingerprint density at radius 1 is 1.44 bits per heavy atom. The van der Waals surface area contributed by atoms with Crippen LogP contribution in [0.1, 0.15) is 33.6 Å². The van der Waals surface area contributed by atoms with Crippen LogP contribution in [0.15, 0.2) is 0 Å². The Bertz CT molecular complexity index is 252. The van der Waals surface area contributed by atoms with E-state index in [-0.39, 0.29) is 11.9 Å². The van der Waals surface area contributed by atoms with E-state index in [1.54, 1.807) is 6.66 Å². The first-order valence-electron chi connectivity index (χ1n) is 5.72. The van der Waals surface area contributed by atoms with E-state index in [4.69, 9.17) is 9.26 Å². The molecular weight excluding hydrogens is 227 g/mol. The standard InChI is InChI=1S/C11H23O4P/c1-5-7-15-16(4,13)8-6-10(2)9-14-11(3)12/h10H,5-9H2,1-4H3/t10-,16?/m1/s1. The second-order valence-electron chi connectivity index (χ2n) is 4.27. The van der Waals surface area contributed by atoms with E-state index in [2.05, 4.69) is 0 Å². The molecule has 16 heavy (non-hydrogen) atoms. The van der Waals surface area contributed by atoms with Crippen molar-refractivity contribution in [3.63, 3.8) is 0 Å². The molecule has 0 spiro atoms. The first-order valence-corrected chi connectivity index (χ1v) is 7.97. The Labute approximate surface area is 98.2 Å². The van der Waals surface area contributed by atoms with Crippen molar-refractivity contribution >= 4 is 13.3 Å². The summed E-state index contributed by atoms with van der Waals surface area (Å²) in [5.41, 5.74) is 0. The minimum absolute atomic E-state index is 0.224. The molecule has 2 atom stereocenters. The molecule has 1 unspecified atom stereocenters. The topological polar surface area (TPSA) is 52.6 Å². The van der Waals surface area contributed by atoms with Gasteiger partial charge in [-0.3, -0.25) is 9.36 Å². The summed E-state index contributed by atoms with van der Waals surface area (Å²) in [6, 6.07) is 0. The maximum atomic E-state index is 11.9. The lowest BCUT2D eigenvalue weighted by Gasteiger charge is -2.16. The van der Waals surface area contributed by atoms with Crippen molar-refractivity contribution in [2.45, 2.75) is 33.6 Å². The van der Waals surface area contributed by atoms with Crippen molar-refractivity contribution < 1.29 is 18.6 Å². The molecule has 0 N–H and O–H groups in total. The molecule has 0 radical (unpaired) electrons. The number of ether oxygens (including phenoxy) is 1. The number of carbonyl (C=O) groups is 1. The van der Waals surface area contributed by atoms with Crippen LogP contribution < -0.4 is 0 Å². The molecular formula is C11H23O4P. The van der Waals surface area contributed by atoms with Gasteiger partial charge < -0.3 is 9.26 Å². The Hall–Kier alpha value is -0.340. The van der Waals surface area contributed by atoms with Crippen molar-refractivity contribution in [2.75, 3.05) is 26.0 Å². The second-order valence-corrected chi connectivity index (χ2v) is 7.00. The summed E-state index contributed by atoms with van der Waals surface area (Å²) < 4.78 is 22.1. The van der Waals surface area contributed by atoms with Gasteiger partial charge in [0.25, 0.3) is 0 Å². The summed E-state index contributed by atoms with van der Waals surface area (Å²) in [6.07, 6.45) is 2.18. The lowest BCUT2D eigenvalue weighted by atomic mass is 10.1. The average molecular weight is 250 g/mol. The minimum Gasteiger partial charge on any atom is -0.466 e. The first-order chi connectivity index (χ1) is 7.37. The van der Waals surface area contributed by atoms with E-state index < -0.39 is 7.37 Å². The number of hydrogen-bond donors (Lipinski definition) is 0. The highest BCUT2D eigenvalue weighted by atomic mass is 31.2. The summed E-state index contributed by atoms with van der Waals surface area (Å²) in [5.74, 6) is -0.0452. The molecule has 0 aliphatic heterocycles. The Balaban J connectivity index is 3.76. The van der Waals surface area contributed by atoms with Crippen LogP contribution in [0.4, 0.5) is 0 Å². The van der Waals surface area contributed by atoms with Gasteiger partial charge in [0.15, 0.2) is 7.37 Å². The highest BCUT2D eigenvalue weighted by molar-refractivity contribution is 7.58. The smallest absolute Gasteiger partial charge is 0.302 e.